The van der Waals surface area contributed by atoms with E-state index in [1.54, 1.807) is 18.2 Å². The lowest BCUT2D eigenvalue weighted by molar-refractivity contribution is -0.122. The maximum atomic E-state index is 13.8. The third-order valence-corrected chi connectivity index (χ3v) is 8.57. The summed E-state index contributed by atoms with van der Waals surface area (Å²) in [4.78, 5) is 28.8. The number of benzene rings is 3. The molecule has 1 fully saturated rings. The van der Waals surface area contributed by atoms with Gasteiger partial charge in [0.25, 0.3) is 0 Å². The fraction of sp³-hybridized carbons (Fsp3) is 0.167. The first kappa shape index (κ1) is 18.6. The van der Waals surface area contributed by atoms with Gasteiger partial charge < -0.3 is 0 Å². The number of hydrogen-bond donors (Lipinski definition) is 0. The minimum Gasteiger partial charge on any atom is -0.274 e. The number of imide groups is 1. The molecule has 3 nitrogen and oxygen atoms in total. The van der Waals surface area contributed by atoms with Crippen LogP contribution in [0.2, 0.25) is 10.0 Å². The second-order valence-electron chi connectivity index (χ2n) is 7.98. The molecule has 4 aliphatic rings. The standard InChI is InChI=1S/C24H14BrCl2NO2/c25-24-15-7-3-1-5-13(15)19(14-6-2-4-8-16(14)24)20-21(24)23(30)28(22(20)29)18-11-12(26)9-10-17(18)27/h1-11,19-21H/t19?,20-,21+,24?/m0/s1. The Morgan fingerprint density at radius 3 is 2.07 bits per heavy atom. The van der Waals surface area contributed by atoms with Crippen LogP contribution in [0, 0.1) is 11.8 Å². The second kappa shape index (κ2) is 6.19. The highest BCUT2D eigenvalue weighted by Crippen LogP contribution is 2.66. The van der Waals surface area contributed by atoms with Crippen molar-refractivity contribution in [2.24, 2.45) is 11.8 Å². The molecule has 6 heteroatoms. The fourth-order valence-electron chi connectivity index (χ4n) is 5.57. The first-order valence-electron chi connectivity index (χ1n) is 9.65. The van der Waals surface area contributed by atoms with Gasteiger partial charge in [0.15, 0.2) is 0 Å². The zero-order valence-electron chi connectivity index (χ0n) is 15.5. The molecule has 1 heterocycles. The normalized spacial score (nSPS) is 28.4. The minimum absolute atomic E-state index is 0.179. The summed E-state index contributed by atoms with van der Waals surface area (Å²) in [5, 5.41) is 0.749. The highest BCUT2D eigenvalue weighted by molar-refractivity contribution is 9.09. The summed E-state index contributed by atoms with van der Waals surface area (Å²) in [6.07, 6.45) is 0. The van der Waals surface area contributed by atoms with E-state index in [0.717, 1.165) is 22.3 Å². The monoisotopic (exact) mass is 497 g/mol. The van der Waals surface area contributed by atoms with Gasteiger partial charge in [-0.25, -0.2) is 4.90 Å². The van der Waals surface area contributed by atoms with E-state index in [1.165, 1.54) is 4.90 Å². The lowest BCUT2D eigenvalue weighted by Crippen LogP contribution is -2.50. The lowest BCUT2D eigenvalue weighted by atomic mass is 9.55. The average molecular weight is 499 g/mol. The molecule has 2 atom stereocenters. The van der Waals surface area contributed by atoms with Crippen molar-refractivity contribution in [2.45, 2.75) is 10.2 Å². The fourth-order valence-corrected chi connectivity index (χ4v) is 7.14. The number of carbonyl (C=O) groups is 2. The van der Waals surface area contributed by atoms with E-state index in [0.29, 0.717) is 15.7 Å². The van der Waals surface area contributed by atoms with Crippen molar-refractivity contribution in [3.63, 3.8) is 0 Å². The van der Waals surface area contributed by atoms with Crippen LogP contribution in [0.4, 0.5) is 5.69 Å². The molecule has 3 aliphatic carbocycles. The zero-order chi connectivity index (χ0) is 20.8. The summed E-state index contributed by atoms with van der Waals surface area (Å²) >= 11 is 16.5. The van der Waals surface area contributed by atoms with Crippen molar-refractivity contribution in [2.75, 3.05) is 4.90 Å². The summed E-state index contributed by atoms with van der Waals surface area (Å²) in [5.74, 6) is -1.72. The van der Waals surface area contributed by atoms with E-state index in [2.05, 4.69) is 40.2 Å². The molecule has 0 radical (unpaired) electrons. The largest absolute Gasteiger partial charge is 0.274 e. The van der Waals surface area contributed by atoms with E-state index in [1.807, 2.05) is 24.3 Å². The molecule has 0 unspecified atom stereocenters. The number of rotatable bonds is 1. The minimum atomic E-state index is -0.772. The first-order chi connectivity index (χ1) is 14.4. The molecule has 148 valence electrons. The highest BCUT2D eigenvalue weighted by Gasteiger charge is 2.67. The molecule has 30 heavy (non-hydrogen) atoms. The van der Waals surface area contributed by atoms with Crippen LogP contribution in [-0.2, 0) is 13.9 Å². The maximum absolute atomic E-state index is 13.8. The van der Waals surface area contributed by atoms with Gasteiger partial charge in [-0.05, 0) is 40.5 Å². The van der Waals surface area contributed by atoms with E-state index >= 15 is 0 Å². The van der Waals surface area contributed by atoms with Gasteiger partial charge in [0, 0.05) is 10.9 Å². The molecule has 3 aromatic rings. The lowest BCUT2D eigenvalue weighted by Gasteiger charge is -2.51. The smallest absolute Gasteiger partial charge is 0.239 e. The molecule has 1 aliphatic heterocycles. The van der Waals surface area contributed by atoms with Gasteiger partial charge in [0.05, 0.1) is 26.9 Å². The SMILES string of the molecule is O=C1[C@H]2C3c4ccccc4C(Br)(c4ccccc43)[C@H]2C(=O)N1c1cc(Cl)ccc1Cl. The van der Waals surface area contributed by atoms with Crippen LogP contribution in [0.15, 0.2) is 66.7 Å². The van der Waals surface area contributed by atoms with E-state index in [-0.39, 0.29) is 17.7 Å². The molecule has 1 saturated heterocycles. The molecule has 2 amide bonds. The maximum Gasteiger partial charge on any atom is 0.239 e. The van der Waals surface area contributed by atoms with Crippen LogP contribution in [0.1, 0.15) is 28.2 Å². The Bertz CT molecular complexity index is 1230. The molecule has 0 N–H and O–H groups in total. The molecule has 0 spiro atoms. The summed E-state index contributed by atoms with van der Waals surface area (Å²) in [7, 11) is 0. The van der Waals surface area contributed by atoms with Crippen LogP contribution in [0.25, 0.3) is 0 Å². The predicted molar refractivity (Wildman–Crippen MR) is 120 cm³/mol. The molecule has 0 aromatic heterocycles. The average Bonchev–Trinajstić information content (AvgIpc) is 3.02. The topological polar surface area (TPSA) is 37.4 Å². The Labute approximate surface area is 191 Å². The van der Waals surface area contributed by atoms with Gasteiger partial charge >= 0.3 is 0 Å². The Morgan fingerprint density at radius 1 is 0.833 bits per heavy atom. The van der Waals surface area contributed by atoms with Gasteiger partial charge in [-0.15, -0.1) is 0 Å². The summed E-state index contributed by atoms with van der Waals surface area (Å²) in [6, 6.07) is 21.0. The zero-order valence-corrected chi connectivity index (χ0v) is 18.6. The molecular weight excluding hydrogens is 485 g/mol. The Balaban J connectivity index is 1.63. The van der Waals surface area contributed by atoms with Crippen LogP contribution in [0.3, 0.4) is 0 Å². The van der Waals surface area contributed by atoms with Crippen LogP contribution in [0.5, 0.6) is 0 Å². The van der Waals surface area contributed by atoms with Gasteiger partial charge in [0.1, 0.15) is 0 Å². The van der Waals surface area contributed by atoms with Crippen molar-refractivity contribution in [1.82, 2.24) is 0 Å². The summed E-state index contributed by atoms with van der Waals surface area (Å²) < 4.78 is -0.772. The van der Waals surface area contributed by atoms with E-state index < -0.39 is 16.2 Å². The van der Waals surface area contributed by atoms with Crippen molar-refractivity contribution in [3.8, 4) is 0 Å². The third-order valence-electron chi connectivity index (χ3n) is 6.66. The number of hydrogen-bond acceptors (Lipinski definition) is 2. The predicted octanol–water partition coefficient (Wildman–Crippen LogP) is 5.90. The second-order valence-corrected chi connectivity index (χ2v) is 10.1. The number of amides is 2. The van der Waals surface area contributed by atoms with Crippen LogP contribution in [-0.4, -0.2) is 11.8 Å². The van der Waals surface area contributed by atoms with Crippen molar-refractivity contribution in [3.05, 3.63) is 99.0 Å². The molecule has 2 bridgehead atoms. The van der Waals surface area contributed by atoms with Crippen LogP contribution < -0.4 is 4.90 Å². The summed E-state index contributed by atoms with van der Waals surface area (Å²) in [5.41, 5.74) is 4.63. The summed E-state index contributed by atoms with van der Waals surface area (Å²) in [6.45, 7) is 0. The van der Waals surface area contributed by atoms with Gasteiger partial charge in [-0.3, -0.25) is 9.59 Å². The number of anilines is 1. The third kappa shape index (κ3) is 2.12. The number of nitrogens with zero attached hydrogens (tertiary/aromatic N) is 1. The molecule has 3 aromatic carbocycles. The van der Waals surface area contributed by atoms with Gasteiger partial charge in [0.2, 0.25) is 11.8 Å². The van der Waals surface area contributed by atoms with Crippen molar-refractivity contribution >= 4 is 56.6 Å². The molecule has 0 saturated carbocycles. The Morgan fingerprint density at radius 2 is 1.43 bits per heavy atom. The van der Waals surface area contributed by atoms with Gasteiger partial charge in [-0.1, -0.05) is 87.7 Å². The van der Waals surface area contributed by atoms with Crippen LogP contribution >= 0.6 is 39.1 Å². The Kier molecular flexibility index (Phi) is 3.84. The Hall–Kier alpha value is -2.14. The number of alkyl halides is 1. The van der Waals surface area contributed by atoms with Crippen molar-refractivity contribution < 1.29 is 9.59 Å². The number of carbonyl (C=O) groups excluding carboxylic acids is 2. The van der Waals surface area contributed by atoms with Gasteiger partial charge in [-0.2, -0.15) is 0 Å². The first-order valence-corrected chi connectivity index (χ1v) is 11.2. The molecule has 7 rings (SSSR count). The highest BCUT2D eigenvalue weighted by atomic mass is 79.9. The van der Waals surface area contributed by atoms with E-state index in [9.17, 15) is 9.59 Å². The van der Waals surface area contributed by atoms with E-state index in [4.69, 9.17) is 23.2 Å². The molecular formula is C24H14BrCl2NO2. The van der Waals surface area contributed by atoms with Crippen molar-refractivity contribution in [1.29, 1.82) is 0 Å². The quantitative estimate of drug-likeness (QED) is 0.309. The number of halogens is 3.